The molecule has 162 valence electrons. The molecular weight excluding hydrogens is 387 g/mol. The predicted octanol–water partition coefficient (Wildman–Crippen LogP) is 4.38. The molecule has 1 aromatic rings. The van der Waals surface area contributed by atoms with Gasteiger partial charge in [0.1, 0.15) is 11.3 Å². The number of ether oxygens (including phenoxy) is 2. The first-order chi connectivity index (χ1) is 13.5. The van der Waals surface area contributed by atoms with E-state index in [1.54, 1.807) is 20.8 Å². The van der Waals surface area contributed by atoms with Gasteiger partial charge in [0, 0.05) is 19.1 Å². The predicted molar refractivity (Wildman–Crippen MR) is 102 cm³/mol. The third-order valence-corrected chi connectivity index (χ3v) is 4.97. The van der Waals surface area contributed by atoms with Gasteiger partial charge in [0.2, 0.25) is 0 Å². The summed E-state index contributed by atoms with van der Waals surface area (Å²) >= 11 is 0. The summed E-state index contributed by atoms with van der Waals surface area (Å²) < 4.78 is 50.2. The highest BCUT2D eigenvalue weighted by Gasteiger charge is 2.35. The van der Waals surface area contributed by atoms with Gasteiger partial charge in [0.05, 0.1) is 6.61 Å². The van der Waals surface area contributed by atoms with Crippen LogP contribution >= 0.6 is 0 Å². The van der Waals surface area contributed by atoms with Crippen molar-refractivity contribution >= 4 is 11.9 Å². The molecule has 0 bridgehead atoms. The lowest BCUT2D eigenvalue weighted by molar-refractivity contribution is -0.141. The summed E-state index contributed by atoms with van der Waals surface area (Å²) in [5.41, 5.74) is -1.45. The normalized spacial score (nSPS) is 22.2. The van der Waals surface area contributed by atoms with Crippen molar-refractivity contribution in [2.45, 2.75) is 64.3 Å². The number of halogens is 3. The Labute approximate surface area is 168 Å². The quantitative estimate of drug-likeness (QED) is 0.773. The van der Waals surface area contributed by atoms with Gasteiger partial charge in [-0.3, -0.25) is 0 Å². The Bertz CT molecular complexity index is 722. The number of nitrogens with zero attached hydrogens (tertiary/aromatic N) is 2. The number of alkyl carbamates (subject to hydrolysis) is 1. The van der Waals surface area contributed by atoms with Crippen LogP contribution in [0.3, 0.4) is 0 Å². The Kier molecular flexibility index (Phi) is 6.14. The van der Waals surface area contributed by atoms with Crippen LogP contribution in [0.2, 0.25) is 0 Å². The topological polar surface area (TPSA) is 63.7 Å². The maximum Gasteiger partial charge on any atom is 0.433 e. The average Bonchev–Trinajstić information content (AvgIpc) is 3.08. The minimum Gasteiger partial charge on any atom is -0.489 e. The molecule has 2 fully saturated rings. The third-order valence-electron chi connectivity index (χ3n) is 4.97. The van der Waals surface area contributed by atoms with Crippen LogP contribution in [0.4, 0.5) is 23.8 Å². The van der Waals surface area contributed by atoms with Crippen LogP contribution in [-0.2, 0) is 10.9 Å². The van der Waals surface area contributed by atoms with E-state index in [0.29, 0.717) is 25.4 Å². The number of pyridine rings is 1. The highest BCUT2D eigenvalue weighted by molar-refractivity contribution is 5.68. The molecule has 1 aromatic heterocycles. The molecule has 1 amide bonds. The van der Waals surface area contributed by atoms with E-state index in [-0.39, 0.29) is 17.8 Å². The van der Waals surface area contributed by atoms with Crippen LogP contribution in [0, 0.1) is 5.92 Å². The zero-order chi connectivity index (χ0) is 21.2. The minimum absolute atomic E-state index is 0.0298. The summed E-state index contributed by atoms with van der Waals surface area (Å²) in [6, 6.07) is 2.35. The van der Waals surface area contributed by atoms with E-state index in [9.17, 15) is 18.0 Å². The lowest BCUT2D eigenvalue weighted by Gasteiger charge is -2.36. The molecule has 2 heterocycles. The van der Waals surface area contributed by atoms with Crippen LogP contribution in [0.5, 0.6) is 5.75 Å². The number of rotatable bonds is 5. The second-order valence-corrected chi connectivity index (χ2v) is 8.70. The van der Waals surface area contributed by atoms with Crippen molar-refractivity contribution < 1.29 is 27.4 Å². The van der Waals surface area contributed by atoms with Crippen molar-refractivity contribution in [3.8, 4) is 5.75 Å². The molecule has 1 saturated carbocycles. The molecule has 2 aliphatic rings. The minimum atomic E-state index is -4.48. The van der Waals surface area contributed by atoms with Crippen molar-refractivity contribution in [2.75, 3.05) is 24.6 Å². The maximum atomic E-state index is 13.0. The van der Waals surface area contributed by atoms with Crippen LogP contribution in [0.1, 0.15) is 52.1 Å². The fraction of sp³-hybridized carbons (Fsp3) is 0.700. The van der Waals surface area contributed by atoms with Gasteiger partial charge in [-0.15, -0.1) is 0 Å². The van der Waals surface area contributed by atoms with Crippen LogP contribution in [0.15, 0.2) is 12.1 Å². The number of carbonyl (C=O) groups is 1. The Hall–Kier alpha value is -2.19. The lowest BCUT2D eigenvalue weighted by atomic mass is 9.81. The molecule has 0 radical (unpaired) electrons. The Morgan fingerprint density at radius 3 is 2.45 bits per heavy atom. The van der Waals surface area contributed by atoms with Crippen LogP contribution < -0.4 is 15.0 Å². The van der Waals surface area contributed by atoms with E-state index < -0.39 is 23.6 Å². The number of amides is 1. The summed E-state index contributed by atoms with van der Waals surface area (Å²) in [7, 11) is 0. The number of anilines is 1. The highest BCUT2D eigenvalue weighted by atomic mass is 19.4. The molecule has 1 aliphatic heterocycles. The molecule has 29 heavy (non-hydrogen) atoms. The molecule has 0 spiro atoms. The van der Waals surface area contributed by atoms with Crippen LogP contribution in [0.25, 0.3) is 0 Å². The van der Waals surface area contributed by atoms with E-state index in [4.69, 9.17) is 9.47 Å². The largest absolute Gasteiger partial charge is 0.489 e. The first-order valence-corrected chi connectivity index (χ1v) is 9.97. The number of hydrogen-bond donors (Lipinski definition) is 1. The summed E-state index contributed by atoms with van der Waals surface area (Å²) in [4.78, 5) is 17.5. The molecule has 9 heteroatoms. The maximum absolute atomic E-state index is 13.0. The zero-order valence-corrected chi connectivity index (χ0v) is 17.0. The van der Waals surface area contributed by atoms with Gasteiger partial charge in [-0.2, -0.15) is 13.2 Å². The second kappa shape index (κ2) is 8.28. The standard InChI is InChI=1S/C20H28F3N3O3/c1-19(2,3)29-18(27)24-14-10-13(11-14)12-28-15-6-7-16(20(21,22)23)25-17(15)26-8-4-5-9-26/h6-7,13-14H,4-5,8-12H2,1-3H3,(H,24,27)/t13-,14+. The fourth-order valence-electron chi connectivity index (χ4n) is 3.53. The fourth-order valence-corrected chi connectivity index (χ4v) is 3.53. The number of alkyl halides is 3. The molecule has 1 aliphatic carbocycles. The molecule has 1 saturated heterocycles. The summed E-state index contributed by atoms with van der Waals surface area (Å²) in [6.07, 6.45) is -1.58. The van der Waals surface area contributed by atoms with Gasteiger partial charge in [-0.05, 0) is 64.5 Å². The zero-order valence-electron chi connectivity index (χ0n) is 17.0. The van der Waals surface area contributed by atoms with Gasteiger partial charge in [-0.1, -0.05) is 0 Å². The molecule has 0 atom stereocenters. The molecule has 0 aromatic carbocycles. The lowest BCUT2D eigenvalue weighted by Crippen LogP contribution is -2.47. The SMILES string of the molecule is CC(C)(C)OC(=O)N[C@H]1C[C@@H](COc2ccc(C(F)(F)F)nc2N2CCCC2)C1. The first-order valence-electron chi connectivity index (χ1n) is 9.97. The number of nitrogens with one attached hydrogen (secondary N) is 1. The van der Waals surface area contributed by atoms with Gasteiger partial charge in [0.15, 0.2) is 11.6 Å². The summed E-state index contributed by atoms with van der Waals surface area (Å²) in [5.74, 6) is 0.868. The van der Waals surface area contributed by atoms with E-state index in [1.807, 2.05) is 4.90 Å². The van der Waals surface area contributed by atoms with Crippen molar-refractivity contribution in [1.29, 1.82) is 0 Å². The molecule has 1 N–H and O–H groups in total. The molecule has 6 nitrogen and oxygen atoms in total. The monoisotopic (exact) mass is 415 g/mol. The van der Waals surface area contributed by atoms with E-state index in [1.165, 1.54) is 6.07 Å². The third kappa shape index (κ3) is 5.90. The van der Waals surface area contributed by atoms with E-state index in [0.717, 1.165) is 31.7 Å². The van der Waals surface area contributed by atoms with Crippen LogP contribution in [-0.4, -0.2) is 42.4 Å². The average molecular weight is 415 g/mol. The first kappa shape index (κ1) is 21.5. The Balaban J connectivity index is 1.54. The number of aromatic nitrogens is 1. The molecule has 3 rings (SSSR count). The van der Waals surface area contributed by atoms with E-state index in [2.05, 4.69) is 10.3 Å². The summed E-state index contributed by atoms with van der Waals surface area (Å²) in [5, 5.41) is 2.82. The van der Waals surface area contributed by atoms with Gasteiger partial charge >= 0.3 is 12.3 Å². The second-order valence-electron chi connectivity index (χ2n) is 8.70. The van der Waals surface area contributed by atoms with Gasteiger partial charge in [0.25, 0.3) is 0 Å². The smallest absolute Gasteiger partial charge is 0.433 e. The summed E-state index contributed by atoms with van der Waals surface area (Å²) in [6.45, 7) is 7.15. The van der Waals surface area contributed by atoms with Crippen molar-refractivity contribution in [3.63, 3.8) is 0 Å². The Morgan fingerprint density at radius 2 is 1.86 bits per heavy atom. The molecular formula is C20H28F3N3O3. The number of hydrogen-bond acceptors (Lipinski definition) is 5. The van der Waals surface area contributed by atoms with Gasteiger partial charge < -0.3 is 19.7 Å². The van der Waals surface area contributed by atoms with Crippen molar-refractivity contribution in [3.05, 3.63) is 17.8 Å². The van der Waals surface area contributed by atoms with Gasteiger partial charge in [-0.25, -0.2) is 9.78 Å². The van der Waals surface area contributed by atoms with Crippen molar-refractivity contribution in [1.82, 2.24) is 10.3 Å². The van der Waals surface area contributed by atoms with Crippen molar-refractivity contribution in [2.24, 2.45) is 5.92 Å². The van der Waals surface area contributed by atoms with E-state index >= 15 is 0 Å². The highest BCUT2D eigenvalue weighted by Crippen LogP contribution is 2.36. The number of carbonyl (C=O) groups excluding carboxylic acids is 1. The Morgan fingerprint density at radius 1 is 1.21 bits per heavy atom. The molecule has 0 unspecified atom stereocenters.